The number of benzene rings is 2. The van der Waals surface area contributed by atoms with Crippen molar-refractivity contribution >= 4 is 35.9 Å². The number of piperidine rings is 1. The Balaban J connectivity index is 1.13. The number of rotatable bonds is 5. The third-order valence-corrected chi connectivity index (χ3v) is 8.52. The molecule has 202 valence electrons. The highest BCUT2D eigenvalue weighted by Crippen LogP contribution is 2.41. The second-order valence-electron chi connectivity index (χ2n) is 10.3. The van der Waals surface area contributed by atoms with Gasteiger partial charge in [-0.15, -0.1) is 10.2 Å². The summed E-state index contributed by atoms with van der Waals surface area (Å²) in [6.07, 6.45) is 0.873. The van der Waals surface area contributed by atoms with Gasteiger partial charge in [0.05, 0.1) is 22.8 Å². The molecule has 11 heteroatoms. The van der Waals surface area contributed by atoms with Crippen LogP contribution in [-0.4, -0.2) is 69.1 Å². The molecule has 3 aliphatic rings. The molecule has 2 aromatic carbocycles. The molecule has 4 heterocycles. The van der Waals surface area contributed by atoms with Crippen LogP contribution < -0.4 is 16.0 Å². The van der Waals surface area contributed by atoms with E-state index in [1.54, 1.807) is 12.1 Å². The number of phenols is 1. The minimum absolute atomic E-state index is 0.155. The van der Waals surface area contributed by atoms with Gasteiger partial charge in [-0.05, 0) is 41.3 Å². The van der Waals surface area contributed by atoms with Gasteiger partial charge in [0.15, 0.2) is 5.82 Å². The number of para-hydroxylation sites is 1. The number of hydrogen-bond acceptors (Lipinski definition) is 10. The zero-order chi connectivity index (χ0) is 27.1. The Morgan fingerprint density at radius 1 is 1.05 bits per heavy atom. The highest BCUT2D eigenvalue weighted by atomic mass is 32.1. The number of carbonyl (C=O) groups is 2. The van der Waals surface area contributed by atoms with Crippen molar-refractivity contribution in [2.45, 2.75) is 37.3 Å². The number of amides is 2. The van der Waals surface area contributed by atoms with Crippen molar-refractivity contribution in [1.82, 2.24) is 25.3 Å². The maximum Gasteiger partial charge on any atom is 0.243 e. The summed E-state index contributed by atoms with van der Waals surface area (Å²) < 4.78 is 0. The fourth-order valence-electron chi connectivity index (χ4n) is 5.82. The lowest BCUT2D eigenvalue weighted by molar-refractivity contribution is -0.137. The maximum absolute atomic E-state index is 12.5. The lowest BCUT2D eigenvalue weighted by atomic mass is 10.0. The van der Waals surface area contributed by atoms with Gasteiger partial charge in [0, 0.05) is 51.3 Å². The number of nitrogen functional groups attached to an aromatic ring is 1. The molecule has 2 atom stereocenters. The average molecular weight is 546 g/mol. The number of thiol groups is 1. The molecular formula is C28H31N7O3S. The largest absolute Gasteiger partial charge is 0.507 e. The van der Waals surface area contributed by atoms with Gasteiger partial charge in [0.25, 0.3) is 0 Å². The van der Waals surface area contributed by atoms with E-state index < -0.39 is 0 Å². The molecule has 2 fully saturated rings. The van der Waals surface area contributed by atoms with Gasteiger partial charge >= 0.3 is 0 Å². The summed E-state index contributed by atoms with van der Waals surface area (Å²) in [7, 11) is 0. The Bertz CT molecular complexity index is 1430. The zero-order valence-corrected chi connectivity index (χ0v) is 22.3. The van der Waals surface area contributed by atoms with E-state index in [-0.39, 0.29) is 29.0 Å². The summed E-state index contributed by atoms with van der Waals surface area (Å²) in [5, 5.41) is 20.9. The molecule has 3 aromatic rings. The average Bonchev–Trinajstić information content (AvgIpc) is 3.27. The van der Waals surface area contributed by atoms with E-state index in [2.05, 4.69) is 48.4 Å². The number of imide groups is 1. The van der Waals surface area contributed by atoms with Crippen molar-refractivity contribution in [1.29, 1.82) is 0 Å². The number of hydrogen-bond donors (Lipinski definition) is 4. The van der Waals surface area contributed by atoms with Crippen LogP contribution in [0.15, 0.2) is 48.5 Å². The van der Waals surface area contributed by atoms with Crippen LogP contribution in [0.1, 0.15) is 34.9 Å². The first-order chi connectivity index (χ1) is 18.9. The number of nitrogens with two attached hydrogens (primary N) is 1. The molecule has 0 bridgehead atoms. The van der Waals surface area contributed by atoms with Crippen molar-refractivity contribution < 1.29 is 14.7 Å². The first-order valence-corrected chi connectivity index (χ1v) is 13.7. The molecule has 6 rings (SSSR count). The van der Waals surface area contributed by atoms with Crippen LogP contribution in [0, 0.1) is 0 Å². The molecule has 10 nitrogen and oxygen atoms in total. The summed E-state index contributed by atoms with van der Waals surface area (Å²) in [6, 6.07) is 14.9. The second-order valence-corrected chi connectivity index (χ2v) is 10.8. The van der Waals surface area contributed by atoms with Crippen LogP contribution in [0.4, 0.5) is 11.5 Å². The molecule has 0 radical (unpaired) electrons. The molecule has 3 aliphatic heterocycles. The van der Waals surface area contributed by atoms with Crippen LogP contribution in [0.5, 0.6) is 5.75 Å². The number of piperazine rings is 1. The lowest BCUT2D eigenvalue weighted by Crippen LogP contribution is -2.51. The molecule has 0 saturated carbocycles. The van der Waals surface area contributed by atoms with Crippen LogP contribution in [0.2, 0.25) is 0 Å². The summed E-state index contributed by atoms with van der Waals surface area (Å²) >= 11 is 4.86. The molecule has 0 spiro atoms. The summed E-state index contributed by atoms with van der Waals surface area (Å²) in [6.45, 7) is 4.69. The number of nitrogens with zero attached hydrogens (tertiary/aromatic N) is 5. The predicted molar refractivity (Wildman–Crippen MR) is 151 cm³/mol. The first kappa shape index (κ1) is 25.6. The molecule has 2 saturated heterocycles. The molecule has 2 amide bonds. The smallest absolute Gasteiger partial charge is 0.243 e. The van der Waals surface area contributed by atoms with Gasteiger partial charge < -0.3 is 15.7 Å². The van der Waals surface area contributed by atoms with E-state index in [9.17, 15) is 14.7 Å². The zero-order valence-electron chi connectivity index (χ0n) is 21.5. The van der Waals surface area contributed by atoms with Crippen molar-refractivity contribution in [3.05, 3.63) is 65.2 Å². The molecule has 39 heavy (non-hydrogen) atoms. The molecule has 2 unspecified atom stereocenters. The topological polar surface area (TPSA) is 128 Å². The van der Waals surface area contributed by atoms with E-state index in [1.165, 1.54) is 11.1 Å². The van der Waals surface area contributed by atoms with Gasteiger partial charge in [0.1, 0.15) is 5.75 Å². The van der Waals surface area contributed by atoms with Gasteiger partial charge in [0.2, 0.25) is 11.8 Å². The van der Waals surface area contributed by atoms with Crippen molar-refractivity contribution in [3.63, 3.8) is 0 Å². The highest BCUT2D eigenvalue weighted by molar-refractivity contribution is 7.80. The fourth-order valence-corrected chi connectivity index (χ4v) is 6.30. The number of fused-ring (bicyclic) bond motifs is 1. The summed E-state index contributed by atoms with van der Waals surface area (Å²) in [5.74, 6) is 0.0905. The van der Waals surface area contributed by atoms with Crippen LogP contribution >= 0.6 is 12.6 Å². The molecule has 1 aromatic heterocycles. The standard InChI is InChI=1S/C28H31N7O3S/c29-26-23(14-21(31-32-26)19-5-1-2-7-24(19)36)34-12-10-33(11-13-34)15-17-4-3-6-18-20(17)16-35(28(18)39)22-8-9-25(37)30-27(22)38/h1-7,14,22,28,36,39H,8-13,15-16H2,(H2,29,32)(H,30,37,38). The first-order valence-electron chi connectivity index (χ1n) is 13.2. The Kier molecular flexibility index (Phi) is 6.88. The summed E-state index contributed by atoms with van der Waals surface area (Å²) in [4.78, 5) is 30.9. The number of anilines is 2. The van der Waals surface area contributed by atoms with E-state index >= 15 is 0 Å². The second kappa shape index (κ2) is 10.5. The normalized spacial score (nSPS) is 22.1. The van der Waals surface area contributed by atoms with E-state index in [4.69, 9.17) is 18.4 Å². The SMILES string of the molecule is Nc1nnc(-c2ccccc2O)cc1N1CCN(Cc2cccc3c2CN(C2CCC(=O)NC2=O)C3S)CC1. The summed E-state index contributed by atoms with van der Waals surface area (Å²) in [5.41, 5.74) is 11.8. The Hall–Kier alpha value is -3.67. The minimum Gasteiger partial charge on any atom is -0.507 e. The minimum atomic E-state index is -0.351. The Morgan fingerprint density at radius 3 is 2.62 bits per heavy atom. The molecule has 0 aliphatic carbocycles. The lowest BCUT2D eigenvalue weighted by Gasteiger charge is -2.36. The fraction of sp³-hybridized carbons (Fsp3) is 0.357. The third kappa shape index (κ3) is 4.93. The highest BCUT2D eigenvalue weighted by Gasteiger charge is 2.39. The van der Waals surface area contributed by atoms with Crippen molar-refractivity contribution in [3.8, 4) is 17.0 Å². The molecular weight excluding hydrogens is 514 g/mol. The van der Waals surface area contributed by atoms with Crippen LogP contribution in [-0.2, 0) is 22.7 Å². The number of aromatic nitrogens is 2. The van der Waals surface area contributed by atoms with E-state index in [0.29, 0.717) is 36.5 Å². The third-order valence-electron chi connectivity index (χ3n) is 7.94. The van der Waals surface area contributed by atoms with Gasteiger partial charge in [-0.3, -0.25) is 24.7 Å². The Morgan fingerprint density at radius 2 is 1.85 bits per heavy atom. The molecule has 4 N–H and O–H groups in total. The van der Waals surface area contributed by atoms with Crippen LogP contribution in [0.25, 0.3) is 11.3 Å². The van der Waals surface area contributed by atoms with Gasteiger partial charge in [-0.2, -0.15) is 12.6 Å². The number of nitrogens with one attached hydrogen (secondary N) is 1. The van der Waals surface area contributed by atoms with E-state index in [1.807, 2.05) is 18.2 Å². The van der Waals surface area contributed by atoms with Gasteiger partial charge in [-0.1, -0.05) is 30.3 Å². The Labute approximate surface area is 232 Å². The monoisotopic (exact) mass is 545 g/mol. The van der Waals surface area contributed by atoms with Gasteiger partial charge in [-0.25, -0.2) is 0 Å². The van der Waals surface area contributed by atoms with E-state index in [0.717, 1.165) is 44.0 Å². The van der Waals surface area contributed by atoms with Crippen molar-refractivity contribution in [2.75, 3.05) is 36.8 Å². The maximum atomic E-state index is 12.5. The predicted octanol–water partition coefficient (Wildman–Crippen LogP) is 2.30. The quantitative estimate of drug-likeness (QED) is 0.282. The van der Waals surface area contributed by atoms with Crippen LogP contribution in [0.3, 0.4) is 0 Å². The number of carbonyl (C=O) groups excluding carboxylic acids is 2. The number of phenolic OH excluding ortho intramolecular Hbond substituents is 1. The number of aromatic hydroxyl groups is 1. The van der Waals surface area contributed by atoms with Crippen molar-refractivity contribution in [2.24, 2.45) is 0 Å².